The molecule has 0 aliphatic carbocycles. The first-order chi connectivity index (χ1) is 11.1. The molecular weight excluding hydrogens is 294 g/mol. The van der Waals surface area contributed by atoms with Gasteiger partial charge in [0.15, 0.2) is 5.96 Å². The summed E-state index contributed by atoms with van der Waals surface area (Å²) in [5.41, 5.74) is 0. The van der Waals surface area contributed by atoms with Crippen LogP contribution in [0, 0.1) is 5.92 Å². The SMILES string of the molecule is CCNC(=NCC1CCN(C)C1)N1CCN(C(=O)OCC)CC1. The van der Waals surface area contributed by atoms with Gasteiger partial charge >= 0.3 is 6.09 Å². The van der Waals surface area contributed by atoms with E-state index in [0.29, 0.717) is 25.6 Å². The van der Waals surface area contributed by atoms with Gasteiger partial charge in [-0.1, -0.05) is 0 Å². The van der Waals surface area contributed by atoms with Crippen molar-refractivity contribution in [1.29, 1.82) is 0 Å². The number of nitrogens with one attached hydrogen (secondary N) is 1. The van der Waals surface area contributed by atoms with Gasteiger partial charge < -0.3 is 24.8 Å². The van der Waals surface area contributed by atoms with E-state index < -0.39 is 0 Å². The molecule has 1 unspecified atom stereocenters. The van der Waals surface area contributed by atoms with Gasteiger partial charge in [0.25, 0.3) is 0 Å². The first-order valence-electron chi connectivity index (χ1n) is 8.77. The maximum Gasteiger partial charge on any atom is 0.409 e. The van der Waals surface area contributed by atoms with E-state index in [1.165, 1.54) is 13.0 Å². The molecule has 0 saturated carbocycles. The zero-order valence-corrected chi connectivity index (χ0v) is 14.8. The number of hydrogen-bond acceptors (Lipinski definition) is 4. The lowest BCUT2D eigenvalue weighted by Gasteiger charge is -2.36. The summed E-state index contributed by atoms with van der Waals surface area (Å²) in [6, 6.07) is 0. The van der Waals surface area contributed by atoms with Crippen molar-refractivity contribution in [3.63, 3.8) is 0 Å². The normalized spacial score (nSPS) is 23.3. The molecule has 0 aromatic rings. The van der Waals surface area contributed by atoms with Gasteiger partial charge in [0, 0.05) is 45.8 Å². The summed E-state index contributed by atoms with van der Waals surface area (Å²) in [6.07, 6.45) is 1.03. The molecule has 2 fully saturated rings. The van der Waals surface area contributed by atoms with Crippen LogP contribution in [0.15, 0.2) is 4.99 Å². The molecule has 132 valence electrons. The molecule has 23 heavy (non-hydrogen) atoms. The van der Waals surface area contributed by atoms with E-state index in [4.69, 9.17) is 9.73 Å². The van der Waals surface area contributed by atoms with E-state index in [2.05, 4.69) is 29.1 Å². The fourth-order valence-corrected chi connectivity index (χ4v) is 3.13. The number of guanidine groups is 1. The van der Waals surface area contributed by atoms with Crippen LogP contribution in [0.2, 0.25) is 0 Å². The smallest absolute Gasteiger partial charge is 0.409 e. The lowest BCUT2D eigenvalue weighted by Crippen LogP contribution is -2.54. The number of amides is 1. The maximum absolute atomic E-state index is 11.8. The predicted molar refractivity (Wildman–Crippen MR) is 91.8 cm³/mol. The third-order valence-corrected chi connectivity index (χ3v) is 4.43. The molecule has 0 spiro atoms. The zero-order chi connectivity index (χ0) is 16.7. The van der Waals surface area contributed by atoms with Crippen molar-refractivity contribution in [2.75, 3.05) is 66.0 Å². The Balaban J connectivity index is 1.85. The molecule has 2 heterocycles. The standard InChI is InChI=1S/C16H31N5O2/c1-4-17-15(18-12-14-6-7-19(3)13-14)20-8-10-21(11-9-20)16(22)23-5-2/h14H,4-13H2,1-3H3,(H,17,18). The number of aliphatic imine (C=N–C) groups is 1. The highest BCUT2D eigenvalue weighted by molar-refractivity contribution is 5.80. The molecule has 0 bridgehead atoms. The minimum absolute atomic E-state index is 0.205. The topological polar surface area (TPSA) is 60.4 Å². The van der Waals surface area contributed by atoms with Gasteiger partial charge in [-0.3, -0.25) is 4.99 Å². The molecule has 2 saturated heterocycles. The third-order valence-electron chi connectivity index (χ3n) is 4.43. The summed E-state index contributed by atoms with van der Waals surface area (Å²) in [5.74, 6) is 1.64. The largest absolute Gasteiger partial charge is 0.450 e. The molecule has 1 amide bonds. The van der Waals surface area contributed by atoms with Gasteiger partial charge in [0.1, 0.15) is 0 Å². The molecule has 7 heteroatoms. The number of hydrogen-bond donors (Lipinski definition) is 1. The number of nitrogens with zero attached hydrogens (tertiary/aromatic N) is 4. The van der Waals surface area contributed by atoms with Crippen molar-refractivity contribution in [3.8, 4) is 0 Å². The van der Waals surface area contributed by atoms with Crippen molar-refractivity contribution in [2.24, 2.45) is 10.9 Å². The van der Waals surface area contributed by atoms with E-state index in [1.807, 2.05) is 6.92 Å². The molecule has 0 radical (unpaired) electrons. The quantitative estimate of drug-likeness (QED) is 0.608. The van der Waals surface area contributed by atoms with Crippen LogP contribution in [-0.4, -0.2) is 92.8 Å². The molecule has 7 nitrogen and oxygen atoms in total. The first kappa shape index (κ1) is 17.8. The molecule has 2 rings (SSSR count). The van der Waals surface area contributed by atoms with Gasteiger partial charge in [-0.05, 0) is 39.8 Å². The Morgan fingerprint density at radius 3 is 2.43 bits per heavy atom. The van der Waals surface area contributed by atoms with Crippen LogP contribution in [0.4, 0.5) is 4.79 Å². The van der Waals surface area contributed by atoms with Gasteiger partial charge in [-0.2, -0.15) is 0 Å². The Hall–Kier alpha value is -1.50. The molecule has 2 aliphatic rings. The Bertz CT molecular complexity index is 407. The van der Waals surface area contributed by atoms with E-state index in [-0.39, 0.29) is 6.09 Å². The lowest BCUT2D eigenvalue weighted by atomic mass is 10.1. The summed E-state index contributed by atoms with van der Waals surface area (Å²) < 4.78 is 5.07. The van der Waals surface area contributed by atoms with E-state index in [1.54, 1.807) is 4.90 Å². The Labute approximate surface area is 139 Å². The van der Waals surface area contributed by atoms with Crippen LogP contribution in [0.5, 0.6) is 0 Å². The van der Waals surface area contributed by atoms with E-state index in [0.717, 1.165) is 38.7 Å². The number of likely N-dealkylation sites (tertiary alicyclic amines) is 1. The second-order valence-corrected chi connectivity index (χ2v) is 6.28. The minimum atomic E-state index is -0.205. The Morgan fingerprint density at radius 2 is 1.87 bits per heavy atom. The number of rotatable bonds is 4. The summed E-state index contributed by atoms with van der Waals surface area (Å²) in [6.45, 7) is 11.4. The fraction of sp³-hybridized carbons (Fsp3) is 0.875. The highest BCUT2D eigenvalue weighted by atomic mass is 16.6. The third kappa shape index (κ3) is 5.27. The molecule has 1 atom stereocenters. The van der Waals surface area contributed by atoms with Crippen molar-refractivity contribution in [2.45, 2.75) is 20.3 Å². The van der Waals surface area contributed by atoms with Gasteiger partial charge in [-0.15, -0.1) is 0 Å². The molecule has 0 aromatic carbocycles. The predicted octanol–water partition coefficient (Wildman–Crippen LogP) is 0.678. The second-order valence-electron chi connectivity index (χ2n) is 6.28. The van der Waals surface area contributed by atoms with Crippen molar-refractivity contribution in [1.82, 2.24) is 20.0 Å². The van der Waals surface area contributed by atoms with Crippen LogP contribution < -0.4 is 5.32 Å². The second kappa shape index (κ2) is 8.96. The average molecular weight is 325 g/mol. The zero-order valence-electron chi connectivity index (χ0n) is 14.8. The van der Waals surface area contributed by atoms with Crippen LogP contribution in [0.25, 0.3) is 0 Å². The Morgan fingerprint density at radius 1 is 1.17 bits per heavy atom. The summed E-state index contributed by atoms with van der Waals surface area (Å²) in [7, 11) is 2.17. The molecule has 2 aliphatic heterocycles. The average Bonchev–Trinajstić information content (AvgIpc) is 2.97. The van der Waals surface area contributed by atoms with Crippen LogP contribution in [0.1, 0.15) is 20.3 Å². The fourth-order valence-electron chi connectivity index (χ4n) is 3.13. The monoisotopic (exact) mass is 325 g/mol. The van der Waals surface area contributed by atoms with E-state index >= 15 is 0 Å². The highest BCUT2D eigenvalue weighted by Gasteiger charge is 2.24. The van der Waals surface area contributed by atoms with Crippen molar-refractivity contribution in [3.05, 3.63) is 0 Å². The molecule has 0 aromatic heterocycles. The van der Waals surface area contributed by atoms with E-state index in [9.17, 15) is 4.79 Å². The lowest BCUT2D eigenvalue weighted by molar-refractivity contribution is 0.0914. The highest BCUT2D eigenvalue weighted by Crippen LogP contribution is 2.14. The van der Waals surface area contributed by atoms with Crippen LogP contribution >= 0.6 is 0 Å². The number of carbonyl (C=O) groups excluding carboxylic acids is 1. The Kier molecular flexibility index (Phi) is 6.95. The summed E-state index contributed by atoms with van der Waals surface area (Å²) in [5, 5.41) is 3.38. The minimum Gasteiger partial charge on any atom is -0.450 e. The number of piperazine rings is 1. The molecular formula is C16H31N5O2. The summed E-state index contributed by atoms with van der Waals surface area (Å²) >= 11 is 0. The van der Waals surface area contributed by atoms with Gasteiger partial charge in [-0.25, -0.2) is 4.79 Å². The van der Waals surface area contributed by atoms with Gasteiger partial charge in [0.2, 0.25) is 0 Å². The van der Waals surface area contributed by atoms with Crippen LogP contribution in [0.3, 0.4) is 0 Å². The molecule has 1 N–H and O–H groups in total. The summed E-state index contributed by atoms with van der Waals surface area (Å²) in [4.78, 5) is 23.0. The van der Waals surface area contributed by atoms with Crippen molar-refractivity contribution < 1.29 is 9.53 Å². The van der Waals surface area contributed by atoms with Gasteiger partial charge in [0.05, 0.1) is 6.61 Å². The van der Waals surface area contributed by atoms with Crippen molar-refractivity contribution >= 4 is 12.1 Å². The maximum atomic E-state index is 11.8. The first-order valence-corrected chi connectivity index (χ1v) is 8.77. The number of carbonyl (C=O) groups is 1. The van der Waals surface area contributed by atoms with Crippen LogP contribution in [-0.2, 0) is 4.74 Å². The number of ether oxygens (including phenoxy) is 1.